The van der Waals surface area contributed by atoms with Crippen molar-refractivity contribution in [2.24, 2.45) is 0 Å². The van der Waals surface area contributed by atoms with Gasteiger partial charge in [0.2, 0.25) is 6.10 Å². The minimum Gasteiger partial charge on any atom is -0.463 e. The summed E-state index contributed by atoms with van der Waals surface area (Å²) < 4.78 is 9.83. The first-order valence-corrected chi connectivity index (χ1v) is 7.48. The number of halogens is 1. The van der Waals surface area contributed by atoms with Gasteiger partial charge in [-0.25, -0.2) is 14.6 Å². The molecule has 5 nitrogen and oxygen atoms in total. The first-order valence-electron chi connectivity index (χ1n) is 6.22. The summed E-state index contributed by atoms with van der Waals surface area (Å²) >= 11 is 7.24. The molecule has 1 atom stereocenters. The van der Waals surface area contributed by atoms with E-state index < -0.39 is 18.0 Å². The molecule has 0 bridgehead atoms. The van der Waals surface area contributed by atoms with E-state index in [2.05, 4.69) is 4.98 Å². The lowest BCUT2D eigenvalue weighted by Crippen LogP contribution is -2.22. The van der Waals surface area contributed by atoms with Crippen LogP contribution >= 0.6 is 22.9 Å². The Balaban J connectivity index is 1.75. The van der Waals surface area contributed by atoms with Crippen LogP contribution < -0.4 is 0 Å². The Bertz CT molecular complexity index is 700. The average molecular weight is 324 g/mol. The molecule has 3 rings (SSSR count). The molecule has 2 heterocycles. The van der Waals surface area contributed by atoms with Gasteiger partial charge in [0.25, 0.3) is 0 Å². The zero-order valence-corrected chi connectivity index (χ0v) is 12.3. The highest BCUT2D eigenvalue weighted by Crippen LogP contribution is 2.26. The molecule has 21 heavy (non-hydrogen) atoms. The fraction of sp³-hybridized carbons (Fsp3) is 0.214. The van der Waals surface area contributed by atoms with Crippen molar-refractivity contribution < 1.29 is 19.1 Å². The normalized spacial score (nSPS) is 17.6. The van der Waals surface area contributed by atoms with Gasteiger partial charge in [-0.2, -0.15) is 0 Å². The monoisotopic (exact) mass is 323 g/mol. The summed E-state index contributed by atoms with van der Waals surface area (Å²) in [5, 5.41) is 2.86. The Morgan fingerprint density at radius 1 is 1.48 bits per heavy atom. The summed E-state index contributed by atoms with van der Waals surface area (Å²) in [6.45, 7) is 0.279. The molecule has 0 saturated carbocycles. The zero-order chi connectivity index (χ0) is 14.8. The van der Waals surface area contributed by atoms with Gasteiger partial charge < -0.3 is 9.47 Å². The molecule has 0 aliphatic carbocycles. The van der Waals surface area contributed by atoms with E-state index in [4.69, 9.17) is 21.1 Å². The number of hydrogen-bond acceptors (Lipinski definition) is 6. The maximum atomic E-state index is 11.9. The molecular formula is C14H10ClNO4S. The lowest BCUT2D eigenvalue weighted by Gasteiger charge is -2.05. The number of nitrogens with zero attached hydrogens (tertiary/aromatic N) is 1. The summed E-state index contributed by atoms with van der Waals surface area (Å²) in [7, 11) is 0. The number of rotatable bonds is 3. The van der Waals surface area contributed by atoms with Crippen molar-refractivity contribution in [3.8, 4) is 10.6 Å². The van der Waals surface area contributed by atoms with E-state index in [9.17, 15) is 9.59 Å². The maximum absolute atomic E-state index is 11.9. The second-order valence-electron chi connectivity index (χ2n) is 4.40. The third-order valence-corrected chi connectivity index (χ3v) is 4.05. The topological polar surface area (TPSA) is 65.5 Å². The van der Waals surface area contributed by atoms with Crippen molar-refractivity contribution in [1.29, 1.82) is 0 Å². The van der Waals surface area contributed by atoms with Crippen molar-refractivity contribution in [3.63, 3.8) is 0 Å². The van der Waals surface area contributed by atoms with Crippen molar-refractivity contribution in [2.75, 3.05) is 6.61 Å². The average Bonchev–Trinajstić information content (AvgIpc) is 3.09. The number of benzene rings is 1. The standard InChI is InChI=1S/C14H10ClNO4S/c15-9-3-1-2-8(6-9)12-16-10(7-21-12)13(17)20-11-4-5-19-14(11)18/h1-3,6-7,11H,4-5H2/t11-/m1/s1. The maximum Gasteiger partial charge on any atom is 0.358 e. The van der Waals surface area contributed by atoms with E-state index in [-0.39, 0.29) is 12.3 Å². The second-order valence-corrected chi connectivity index (χ2v) is 5.69. The van der Waals surface area contributed by atoms with Gasteiger partial charge in [-0.15, -0.1) is 11.3 Å². The number of carbonyl (C=O) groups excluding carboxylic acids is 2. The Labute approximate surface area is 129 Å². The molecule has 7 heteroatoms. The molecule has 2 aromatic rings. The largest absolute Gasteiger partial charge is 0.463 e. The van der Waals surface area contributed by atoms with E-state index >= 15 is 0 Å². The van der Waals surface area contributed by atoms with Gasteiger partial charge in [0.05, 0.1) is 6.61 Å². The van der Waals surface area contributed by atoms with Crippen LogP contribution in [-0.4, -0.2) is 29.6 Å². The van der Waals surface area contributed by atoms with Gasteiger partial charge in [-0.3, -0.25) is 0 Å². The van der Waals surface area contributed by atoms with E-state index in [1.807, 2.05) is 12.1 Å². The van der Waals surface area contributed by atoms with Crippen LogP contribution in [0.2, 0.25) is 5.02 Å². The van der Waals surface area contributed by atoms with E-state index in [1.54, 1.807) is 17.5 Å². The molecule has 0 radical (unpaired) electrons. The fourth-order valence-electron chi connectivity index (χ4n) is 1.90. The van der Waals surface area contributed by atoms with Crippen LogP contribution in [0.5, 0.6) is 0 Å². The number of ether oxygens (including phenoxy) is 2. The first kappa shape index (κ1) is 14.0. The van der Waals surface area contributed by atoms with Crippen LogP contribution in [-0.2, 0) is 14.3 Å². The number of carbonyl (C=O) groups is 2. The van der Waals surface area contributed by atoms with Gasteiger partial charge >= 0.3 is 11.9 Å². The van der Waals surface area contributed by atoms with Gasteiger partial charge in [0.15, 0.2) is 5.69 Å². The summed E-state index contributed by atoms with van der Waals surface area (Å²) in [5.41, 5.74) is 1.00. The van der Waals surface area contributed by atoms with Gasteiger partial charge in [0.1, 0.15) is 5.01 Å². The number of cyclic esters (lactones) is 1. The molecule has 0 unspecified atom stereocenters. The second kappa shape index (κ2) is 5.83. The smallest absolute Gasteiger partial charge is 0.358 e. The molecule has 0 amide bonds. The molecule has 0 spiro atoms. The number of esters is 2. The fourth-order valence-corrected chi connectivity index (χ4v) is 2.87. The lowest BCUT2D eigenvalue weighted by molar-refractivity contribution is -0.145. The zero-order valence-electron chi connectivity index (χ0n) is 10.7. The molecule has 1 aliphatic heterocycles. The first-order chi connectivity index (χ1) is 10.1. The number of aromatic nitrogens is 1. The predicted octanol–water partition coefficient (Wildman–Crippen LogP) is 2.94. The third-order valence-electron chi connectivity index (χ3n) is 2.92. The minimum atomic E-state index is -0.825. The number of thiazole rings is 1. The third kappa shape index (κ3) is 3.06. The Hall–Kier alpha value is -1.92. The predicted molar refractivity (Wildman–Crippen MR) is 77.3 cm³/mol. The summed E-state index contributed by atoms with van der Waals surface area (Å²) in [6, 6.07) is 7.20. The van der Waals surface area contributed by atoms with Crippen LogP contribution in [0.15, 0.2) is 29.6 Å². The van der Waals surface area contributed by atoms with Crippen molar-refractivity contribution >= 4 is 34.9 Å². The molecule has 1 aromatic heterocycles. The molecule has 108 valence electrons. The van der Waals surface area contributed by atoms with Crippen LogP contribution in [0, 0.1) is 0 Å². The van der Waals surface area contributed by atoms with Crippen molar-refractivity contribution in [3.05, 3.63) is 40.4 Å². The molecule has 0 N–H and O–H groups in total. The lowest BCUT2D eigenvalue weighted by atomic mass is 10.2. The van der Waals surface area contributed by atoms with Crippen LogP contribution in [0.1, 0.15) is 16.9 Å². The Kier molecular flexibility index (Phi) is 3.90. The molecular weight excluding hydrogens is 314 g/mol. The summed E-state index contributed by atoms with van der Waals surface area (Å²) in [4.78, 5) is 27.4. The summed E-state index contributed by atoms with van der Waals surface area (Å²) in [5.74, 6) is -1.13. The Morgan fingerprint density at radius 3 is 3.05 bits per heavy atom. The molecule has 1 saturated heterocycles. The van der Waals surface area contributed by atoms with Gasteiger partial charge in [-0.05, 0) is 12.1 Å². The number of hydrogen-bond donors (Lipinski definition) is 0. The van der Waals surface area contributed by atoms with Crippen molar-refractivity contribution in [1.82, 2.24) is 4.98 Å². The van der Waals surface area contributed by atoms with Crippen LogP contribution in [0.4, 0.5) is 0 Å². The van der Waals surface area contributed by atoms with Crippen LogP contribution in [0.3, 0.4) is 0 Å². The van der Waals surface area contributed by atoms with Gasteiger partial charge in [-0.1, -0.05) is 23.7 Å². The minimum absolute atomic E-state index is 0.176. The highest BCUT2D eigenvalue weighted by Gasteiger charge is 2.31. The highest BCUT2D eigenvalue weighted by molar-refractivity contribution is 7.13. The van der Waals surface area contributed by atoms with Crippen molar-refractivity contribution in [2.45, 2.75) is 12.5 Å². The van der Waals surface area contributed by atoms with Gasteiger partial charge in [0, 0.05) is 22.4 Å². The van der Waals surface area contributed by atoms with Crippen LogP contribution in [0.25, 0.3) is 10.6 Å². The molecule has 1 aliphatic rings. The highest BCUT2D eigenvalue weighted by atomic mass is 35.5. The quantitative estimate of drug-likeness (QED) is 0.812. The Morgan fingerprint density at radius 2 is 2.33 bits per heavy atom. The van der Waals surface area contributed by atoms with E-state index in [0.29, 0.717) is 16.5 Å². The molecule has 1 fully saturated rings. The molecule has 1 aromatic carbocycles. The van der Waals surface area contributed by atoms with E-state index in [1.165, 1.54) is 11.3 Å². The summed E-state index contributed by atoms with van der Waals surface area (Å²) in [6.07, 6.45) is -0.440. The SMILES string of the molecule is O=C(O[C@@H]1CCOC1=O)c1csc(-c2cccc(Cl)c2)n1. The van der Waals surface area contributed by atoms with E-state index in [0.717, 1.165) is 5.56 Å².